The Bertz CT molecular complexity index is 823. The van der Waals surface area contributed by atoms with Gasteiger partial charge < -0.3 is 20.3 Å². The minimum absolute atomic E-state index is 0. The number of benzene rings is 2. The van der Waals surface area contributed by atoms with Crippen molar-refractivity contribution in [3.63, 3.8) is 0 Å². The van der Waals surface area contributed by atoms with Crippen LogP contribution in [0.15, 0.2) is 53.5 Å². The molecule has 31 heavy (non-hydrogen) atoms. The van der Waals surface area contributed by atoms with Gasteiger partial charge in [0.05, 0.1) is 13.2 Å². The standard InChI is InChI=1S/C24H34N4O2.HI/c1-5-25-24(27-17-20-10-12-21(13-11-20)18-30-6-2)26-15-14-19-8-7-9-22(16-19)23(29)28(3)4;/h7-13,16H,5-6,14-15,17-18H2,1-4H3,(H2,25,26,27);1H. The predicted octanol–water partition coefficient (Wildman–Crippen LogP) is 3.84. The molecule has 0 unspecified atom stereocenters. The van der Waals surface area contributed by atoms with Gasteiger partial charge >= 0.3 is 0 Å². The molecule has 0 heterocycles. The van der Waals surface area contributed by atoms with E-state index in [4.69, 9.17) is 4.74 Å². The van der Waals surface area contributed by atoms with Crippen LogP contribution in [0.5, 0.6) is 0 Å². The van der Waals surface area contributed by atoms with Crippen molar-refractivity contribution in [2.45, 2.75) is 33.4 Å². The van der Waals surface area contributed by atoms with Crippen molar-refractivity contribution in [2.75, 3.05) is 33.8 Å². The summed E-state index contributed by atoms with van der Waals surface area (Å²) >= 11 is 0. The van der Waals surface area contributed by atoms with Crippen molar-refractivity contribution in [3.05, 3.63) is 70.8 Å². The van der Waals surface area contributed by atoms with E-state index in [1.165, 1.54) is 5.56 Å². The van der Waals surface area contributed by atoms with E-state index in [2.05, 4.69) is 46.8 Å². The van der Waals surface area contributed by atoms with Crippen molar-refractivity contribution >= 4 is 35.8 Å². The third-order valence-corrected chi connectivity index (χ3v) is 4.55. The first-order chi connectivity index (χ1) is 14.5. The molecule has 2 rings (SSSR count). The second-order valence-electron chi connectivity index (χ2n) is 7.23. The molecule has 6 nitrogen and oxygen atoms in total. The summed E-state index contributed by atoms with van der Waals surface area (Å²) in [5.41, 5.74) is 4.16. The van der Waals surface area contributed by atoms with Crippen LogP contribution in [0, 0.1) is 0 Å². The summed E-state index contributed by atoms with van der Waals surface area (Å²) in [5, 5.41) is 6.65. The smallest absolute Gasteiger partial charge is 0.253 e. The number of amides is 1. The summed E-state index contributed by atoms with van der Waals surface area (Å²) < 4.78 is 5.43. The molecule has 1 amide bonds. The van der Waals surface area contributed by atoms with Crippen LogP contribution in [0.3, 0.4) is 0 Å². The molecule has 0 aromatic heterocycles. The maximum atomic E-state index is 12.1. The van der Waals surface area contributed by atoms with Gasteiger partial charge in [-0.15, -0.1) is 24.0 Å². The van der Waals surface area contributed by atoms with Gasteiger partial charge in [0.2, 0.25) is 0 Å². The summed E-state index contributed by atoms with van der Waals surface area (Å²) in [5.74, 6) is 0.809. The molecule has 0 fully saturated rings. The number of rotatable bonds is 10. The van der Waals surface area contributed by atoms with Gasteiger partial charge in [-0.25, -0.2) is 4.99 Å². The molecule has 0 aliphatic carbocycles. The van der Waals surface area contributed by atoms with E-state index >= 15 is 0 Å². The molecule has 2 aromatic carbocycles. The highest BCUT2D eigenvalue weighted by atomic mass is 127. The Morgan fingerprint density at radius 3 is 2.35 bits per heavy atom. The summed E-state index contributed by atoms with van der Waals surface area (Å²) in [6.45, 7) is 7.56. The average Bonchev–Trinajstić information content (AvgIpc) is 2.76. The highest BCUT2D eigenvalue weighted by Gasteiger charge is 2.08. The molecular weight excluding hydrogens is 503 g/mol. The van der Waals surface area contributed by atoms with Crippen LogP contribution in [0.25, 0.3) is 0 Å². The number of nitrogens with one attached hydrogen (secondary N) is 2. The topological polar surface area (TPSA) is 66.0 Å². The lowest BCUT2D eigenvalue weighted by Gasteiger charge is -2.13. The quantitative estimate of drug-likeness (QED) is 0.274. The average molecular weight is 538 g/mol. The Morgan fingerprint density at radius 2 is 1.71 bits per heavy atom. The van der Waals surface area contributed by atoms with Crippen molar-refractivity contribution < 1.29 is 9.53 Å². The summed E-state index contributed by atoms with van der Waals surface area (Å²) in [6, 6.07) is 16.1. The Balaban J connectivity index is 0.00000480. The first-order valence-electron chi connectivity index (χ1n) is 10.5. The van der Waals surface area contributed by atoms with E-state index in [1.54, 1.807) is 19.0 Å². The zero-order valence-corrected chi connectivity index (χ0v) is 21.3. The van der Waals surface area contributed by atoms with Crippen molar-refractivity contribution in [3.8, 4) is 0 Å². The largest absolute Gasteiger partial charge is 0.377 e. The number of ether oxygens (including phenoxy) is 1. The van der Waals surface area contributed by atoms with Crippen molar-refractivity contribution in [1.29, 1.82) is 0 Å². The number of hydrogen-bond acceptors (Lipinski definition) is 3. The second kappa shape index (κ2) is 14.8. The highest BCUT2D eigenvalue weighted by Crippen LogP contribution is 2.08. The zero-order valence-electron chi connectivity index (χ0n) is 19.0. The normalized spacial score (nSPS) is 10.9. The molecule has 0 atom stereocenters. The fraction of sp³-hybridized carbons (Fsp3) is 0.417. The zero-order chi connectivity index (χ0) is 21.8. The molecule has 0 bridgehead atoms. The lowest BCUT2D eigenvalue weighted by molar-refractivity contribution is 0.0827. The van der Waals surface area contributed by atoms with E-state index in [0.717, 1.165) is 43.2 Å². The molecule has 0 radical (unpaired) electrons. The van der Waals surface area contributed by atoms with Crippen LogP contribution < -0.4 is 10.6 Å². The fourth-order valence-electron chi connectivity index (χ4n) is 2.92. The van der Waals surface area contributed by atoms with Gasteiger partial charge in [-0.05, 0) is 49.1 Å². The summed E-state index contributed by atoms with van der Waals surface area (Å²) in [6.07, 6.45) is 0.811. The van der Waals surface area contributed by atoms with Gasteiger partial charge in [-0.3, -0.25) is 4.79 Å². The lowest BCUT2D eigenvalue weighted by Crippen LogP contribution is -2.38. The summed E-state index contributed by atoms with van der Waals surface area (Å²) in [4.78, 5) is 18.4. The molecule has 170 valence electrons. The van der Waals surface area contributed by atoms with Crippen molar-refractivity contribution in [1.82, 2.24) is 15.5 Å². The Labute approximate surface area is 203 Å². The van der Waals surface area contributed by atoms with Crippen molar-refractivity contribution in [2.24, 2.45) is 4.99 Å². The first-order valence-corrected chi connectivity index (χ1v) is 10.5. The second-order valence-corrected chi connectivity index (χ2v) is 7.23. The lowest BCUT2D eigenvalue weighted by atomic mass is 10.1. The van der Waals surface area contributed by atoms with Gasteiger partial charge in [0.25, 0.3) is 5.91 Å². The molecule has 0 saturated heterocycles. The molecule has 0 saturated carbocycles. The van der Waals surface area contributed by atoms with Gasteiger partial charge in [0.1, 0.15) is 0 Å². The summed E-state index contributed by atoms with van der Waals surface area (Å²) in [7, 11) is 3.53. The molecule has 0 aliphatic heterocycles. The predicted molar refractivity (Wildman–Crippen MR) is 138 cm³/mol. The Hall–Kier alpha value is -2.13. The van der Waals surface area contributed by atoms with Gasteiger partial charge in [0, 0.05) is 39.4 Å². The van der Waals surface area contributed by atoms with Crippen LogP contribution >= 0.6 is 24.0 Å². The van der Waals surface area contributed by atoms with Gasteiger partial charge in [0.15, 0.2) is 5.96 Å². The first kappa shape index (κ1) is 26.9. The number of carbonyl (C=O) groups excluding carboxylic acids is 1. The Morgan fingerprint density at radius 1 is 1.00 bits per heavy atom. The molecule has 0 spiro atoms. The monoisotopic (exact) mass is 538 g/mol. The Kier molecular flexibility index (Phi) is 12.8. The van der Waals surface area contributed by atoms with Crippen LogP contribution in [0.4, 0.5) is 0 Å². The number of guanidine groups is 1. The molecule has 7 heteroatoms. The van der Waals surface area contributed by atoms with Crippen LogP contribution in [-0.4, -0.2) is 50.6 Å². The molecule has 2 aromatic rings. The highest BCUT2D eigenvalue weighted by molar-refractivity contribution is 14.0. The molecule has 0 aliphatic rings. The van der Waals surface area contributed by atoms with E-state index in [1.807, 2.05) is 31.2 Å². The number of nitrogens with zero attached hydrogens (tertiary/aromatic N) is 2. The maximum absolute atomic E-state index is 12.1. The van der Waals surface area contributed by atoms with E-state index in [-0.39, 0.29) is 29.9 Å². The number of aliphatic imine (C=N–C) groups is 1. The van der Waals surface area contributed by atoms with Crippen LogP contribution in [0.2, 0.25) is 0 Å². The third-order valence-electron chi connectivity index (χ3n) is 4.55. The van der Waals surface area contributed by atoms with Crippen LogP contribution in [-0.2, 0) is 24.3 Å². The number of hydrogen-bond donors (Lipinski definition) is 2. The van der Waals surface area contributed by atoms with Gasteiger partial charge in [-0.1, -0.05) is 36.4 Å². The van der Waals surface area contributed by atoms with Crippen LogP contribution in [0.1, 0.15) is 40.9 Å². The number of carbonyl (C=O) groups is 1. The third kappa shape index (κ3) is 9.69. The maximum Gasteiger partial charge on any atom is 0.253 e. The molecule has 2 N–H and O–H groups in total. The number of halogens is 1. The molecular formula is C24H35IN4O2. The minimum Gasteiger partial charge on any atom is -0.377 e. The minimum atomic E-state index is 0. The SMILES string of the molecule is CCNC(=NCc1ccc(COCC)cc1)NCCc1cccc(C(=O)N(C)C)c1.I. The fourth-order valence-corrected chi connectivity index (χ4v) is 2.92. The van der Waals surface area contributed by atoms with E-state index in [9.17, 15) is 4.79 Å². The van der Waals surface area contributed by atoms with E-state index in [0.29, 0.717) is 18.7 Å². The van der Waals surface area contributed by atoms with E-state index < -0.39 is 0 Å². The van der Waals surface area contributed by atoms with Gasteiger partial charge in [-0.2, -0.15) is 0 Å².